The molecule has 8 heterocycles. The lowest BCUT2D eigenvalue weighted by Crippen LogP contribution is -2.54. The third kappa shape index (κ3) is 27.2. The average molecular weight is 1920 g/mol. The summed E-state index contributed by atoms with van der Waals surface area (Å²) in [4.78, 5) is 210. The molecule has 31 nitrogen and oxygen atoms in total. The molecule has 6 aliphatic heterocycles. The van der Waals surface area contributed by atoms with Gasteiger partial charge in [-0.05, 0) is 165 Å². The molecule has 6 aromatic carbocycles. The van der Waals surface area contributed by atoms with Crippen molar-refractivity contribution >= 4 is 160 Å². The number of hydrogen-bond acceptors (Lipinski definition) is 19. The number of nitrogens with two attached hydrogens (primary N) is 1. The van der Waals surface area contributed by atoms with Crippen molar-refractivity contribution in [2.24, 2.45) is 5.73 Å². The number of carboxylic acid groups (broad SMARTS) is 1. The third-order valence-electron chi connectivity index (χ3n) is 24.8. The Labute approximate surface area is 797 Å². The zero-order chi connectivity index (χ0) is 95.2. The van der Waals surface area contributed by atoms with E-state index in [-0.39, 0.29) is 162 Å². The van der Waals surface area contributed by atoms with Gasteiger partial charge >= 0.3 is 5.97 Å². The van der Waals surface area contributed by atoms with Crippen molar-refractivity contribution in [1.82, 2.24) is 41.0 Å². The van der Waals surface area contributed by atoms with Gasteiger partial charge in [0.1, 0.15) is 46.8 Å². The van der Waals surface area contributed by atoms with Gasteiger partial charge in [0.25, 0.3) is 47.3 Å². The van der Waals surface area contributed by atoms with Crippen molar-refractivity contribution in [3.8, 4) is 0 Å². The SMILES string of the molecule is C.NCCCCCCCCCCCCCC(=O)Cc1ccc2c(c1)C(=O)N(C1CCC(=O)NC1=O)C2=O.O=C(O)c1cc2cc(N3CC[C@](O)(C(=O)NCc4cc(F)cc(F)c4)C3=O)ccc2[nH]1.O=C1CCC(N2C(=O)c3ccc(NC(=O)CCCCCCCCCCCCCCC(=O)c4cc5cc(N6CC[C@](O)(C(=O)NCc7cc(F)cc(F)c7)C6=O)ccc5[nH]4)cc3C2=O)C(=O)N1.S.S. The molecule has 14 rings (SSSR count). The highest BCUT2D eigenvalue weighted by atomic mass is 32.1. The number of unbranched alkanes of at least 4 members (excludes halogenated alkanes) is 21. The van der Waals surface area contributed by atoms with Crippen LogP contribution in [0.1, 0.15) is 292 Å². The Morgan fingerprint density at radius 3 is 1.24 bits per heavy atom. The van der Waals surface area contributed by atoms with Crippen molar-refractivity contribution < 1.29 is 110 Å². The monoisotopic (exact) mass is 1920 g/mol. The molecular weight excluding hydrogens is 1800 g/mol. The molecule has 2 aromatic heterocycles. The normalized spacial score (nSPS) is 17.7. The number of Topliss-reactive ketones (excluding diaryl/α,β-unsaturated/α-hetero) is 2. The van der Waals surface area contributed by atoms with Crippen LogP contribution < -0.4 is 42.1 Å². The number of rotatable bonds is 43. The molecule has 37 heteroatoms. The number of amides is 13. The van der Waals surface area contributed by atoms with Crippen LogP contribution in [0.2, 0.25) is 0 Å². The number of carbonyl (C=O) groups is 16. The van der Waals surface area contributed by atoms with Gasteiger partial charge in [-0.3, -0.25) is 92.4 Å². The summed E-state index contributed by atoms with van der Waals surface area (Å²) in [5, 5.41) is 44.0. The fraction of sp³-hybridized carbons (Fsp3) is 0.434. The second-order valence-electron chi connectivity index (χ2n) is 34.7. The maximum absolute atomic E-state index is 13.5. The molecule has 4 saturated heterocycles. The highest BCUT2D eigenvalue weighted by Gasteiger charge is 2.54. The molecule has 6 aliphatic rings. The highest BCUT2D eigenvalue weighted by Crippen LogP contribution is 2.37. The molecule has 12 N–H and O–H groups in total. The zero-order valence-corrected chi connectivity index (χ0v) is 76.8. The predicted molar refractivity (Wildman–Crippen MR) is 508 cm³/mol. The molecule has 728 valence electrons. The van der Waals surface area contributed by atoms with Gasteiger partial charge in [0.2, 0.25) is 40.7 Å². The Kier molecular flexibility index (Phi) is 39.2. The van der Waals surface area contributed by atoms with Crippen LogP contribution in [0, 0.1) is 23.3 Å². The molecule has 4 fully saturated rings. The Bertz CT molecular complexity index is 5770. The van der Waals surface area contributed by atoms with Gasteiger partial charge in [-0.15, -0.1) is 0 Å². The van der Waals surface area contributed by atoms with E-state index in [4.69, 9.17) is 10.8 Å². The van der Waals surface area contributed by atoms with Crippen LogP contribution in [-0.4, -0.2) is 172 Å². The highest BCUT2D eigenvalue weighted by molar-refractivity contribution is 7.59. The lowest BCUT2D eigenvalue weighted by atomic mass is 9.99. The summed E-state index contributed by atoms with van der Waals surface area (Å²) < 4.78 is 53.7. The van der Waals surface area contributed by atoms with Crippen LogP contribution >= 0.6 is 27.0 Å². The number of piperidine rings is 2. The number of halogens is 4. The van der Waals surface area contributed by atoms with E-state index >= 15 is 0 Å². The smallest absolute Gasteiger partial charge is 0.352 e. The second-order valence-corrected chi connectivity index (χ2v) is 34.7. The third-order valence-corrected chi connectivity index (χ3v) is 24.8. The molecular formula is C99H118F4N12O19S2. The molecule has 0 saturated carbocycles. The van der Waals surface area contributed by atoms with Crippen molar-refractivity contribution in [3.05, 3.63) is 195 Å². The number of fused-ring (bicyclic) bond motifs is 4. The van der Waals surface area contributed by atoms with Crippen LogP contribution in [0.4, 0.5) is 34.6 Å². The molecule has 0 bridgehead atoms. The lowest BCUT2D eigenvalue weighted by Gasteiger charge is -2.27. The number of anilines is 3. The number of aromatic nitrogens is 2. The summed E-state index contributed by atoms with van der Waals surface area (Å²) in [7, 11) is 0. The Morgan fingerprint density at radius 1 is 0.426 bits per heavy atom. The maximum atomic E-state index is 13.5. The van der Waals surface area contributed by atoms with Crippen LogP contribution in [0.15, 0.2) is 121 Å². The first kappa shape index (κ1) is 107. The minimum atomic E-state index is -2.34. The first-order valence-corrected chi connectivity index (χ1v) is 45.6. The van der Waals surface area contributed by atoms with Gasteiger partial charge in [-0.1, -0.05) is 135 Å². The average Bonchev–Trinajstić information content (AvgIpc) is 1.62. The Balaban J connectivity index is 0.000000249. The molecule has 2 unspecified atom stereocenters. The fourth-order valence-corrected chi connectivity index (χ4v) is 17.5. The molecule has 0 spiro atoms. The molecule has 13 amide bonds. The Hall–Kier alpha value is -12.6. The van der Waals surface area contributed by atoms with E-state index in [0.29, 0.717) is 81.5 Å². The lowest BCUT2D eigenvalue weighted by molar-refractivity contribution is -0.150. The summed E-state index contributed by atoms with van der Waals surface area (Å²) in [6.07, 6.45) is 26.6. The number of hydrogen-bond donors (Lipinski definition) is 11. The number of carboxylic acids is 1. The number of aromatic carboxylic acids is 1. The van der Waals surface area contributed by atoms with E-state index in [1.807, 2.05) is 0 Å². The molecule has 8 aromatic rings. The number of nitrogens with zero attached hydrogens (tertiary/aromatic N) is 4. The number of aromatic amines is 2. The van der Waals surface area contributed by atoms with Crippen molar-refractivity contribution in [1.29, 1.82) is 0 Å². The summed E-state index contributed by atoms with van der Waals surface area (Å²) in [6.45, 7) is 0.380. The van der Waals surface area contributed by atoms with E-state index in [1.165, 1.54) is 72.9 Å². The number of imide groups is 4. The van der Waals surface area contributed by atoms with Gasteiger partial charge in [-0.2, -0.15) is 27.0 Å². The fourth-order valence-electron chi connectivity index (χ4n) is 17.5. The molecule has 136 heavy (non-hydrogen) atoms. The molecule has 0 aliphatic carbocycles. The van der Waals surface area contributed by atoms with Crippen LogP contribution in [0.3, 0.4) is 0 Å². The van der Waals surface area contributed by atoms with Gasteiger partial charge in [0.15, 0.2) is 5.78 Å². The van der Waals surface area contributed by atoms with Gasteiger partial charge < -0.3 is 56.8 Å². The first-order chi connectivity index (χ1) is 63.8. The number of aliphatic hydroxyl groups is 2. The zero-order valence-electron chi connectivity index (χ0n) is 74.8. The summed E-state index contributed by atoms with van der Waals surface area (Å²) in [5.74, 6) is -12.5. The minimum absolute atomic E-state index is 0. The minimum Gasteiger partial charge on any atom is -0.477 e. The maximum Gasteiger partial charge on any atom is 0.352 e. The van der Waals surface area contributed by atoms with Crippen molar-refractivity contribution in [2.75, 3.05) is 34.8 Å². The van der Waals surface area contributed by atoms with Crippen LogP contribution in [0.5, 0.6) is 0 Å². The van der Waals surface area contributed by atoms with E-state index < -0.39 is 123 Å². The number of benzene rings is 6. The summed E-state index contributed by atoms with van der Waals surface area (Å²) >= 11 is 0. The number of ketones is 2. The quantitative estimate of drug-likeness (QED) is 0.00556. The van der Waals surface area contributed by atoms with E-state index in [2.05, 4.69) is 36.6 Å². The standard InChI is InChI=1S/C49H54F2N6O9.C28H39N3O5.C21H17F2N3O5.CH4.2H2S/c50-32-23-30(24-33(51)27-32)29-52-47(64)49(66)21-22-56(48(49)65)35-16-18-38-31(25-35)26-39(54-38)41(58)13-11-9-7-5-3-1-2-4-6-8-10-12-14-42(59)53-34-15-17-36-37(28-34)46(63)57(45(36)62)40-19-20-43(60)55-44(40)61;29-17-11-9-7-5-3-1-2-4-6-8-10-12-21(32)18-20-13-14-22-23(19-20)28(36)31(27(22)35)24-15-16-25(33)30-26(24)34;22-13-5-11(6-14(23)9-13)10-24-19(29)21(31)3-4-26(20(21)30)15-1-2-16-12(7-15)8-17(25-16)18(27)28;;;/h15-18,23-28,40,54,66H,1-14,19-22,29H2,(H,52,64)(H,53,59)(H,55,60,61);13-14,19,24H,1-12,15-18,29H2,(H,30,33,34);1-2,5-9,25,31H,3-4,10H2,(H,24,29)(H,27,28);1H4;2*1H2/t40?,49-;;21-;;;/m0.0.../s1. The van der Waals surface area contributed by atoms with E-state index in [0.717, 1.165) is 143 Å². The van der Waals surface area contributed by atoms with Crippen LogP contribution in [0.25, 0.3) is 21.8 Å². The number of H-pyrrole nitrogens is 2. The van der Waals surface area contributed by atoms with E-state index in [9.17, 15) is 104 Å². The predicted octanol–water partition coefficient (Wildman–Crippen LogP) is 13.5. The molecule has 4 atom stereocenters. The summed E-state index contributed by atoms with van der Waals surface area (Å²) in [6, 6.07) is 25.9. The second kappa shape index (κ2) is 49.8. The first-order valence-electron chi connectivity index (χ1n) is 45.6. The topological polar surface area (TPSA) is 465 Å². The van der Waals surface area contributed by atoms with Gasteiger partial charge in [0, 0.05) is 129 Å². The van der Waals surface area contributed by atoms with Crippen molar-refractivity contribution in [3.63, 3.8) is 0 Å². The van der Waals surface area contributed by atoms with E-state index in [1.54, 1.807) is 66.7 Å². The van der Waals surface area contributed by atoms with Gasteiger partial charge in [-0.25, -0.2) is 22.4 Å². The van der Waals surface area contributed by atoms with Gasteiger partial charge in [0.05, 0.1) is 27.9 Å². The number of carbonyl (C=O) groups excluding carboxylic acids is 15. The van der Waals surface area contributed by atoms with Crippen molar-refractivity contribution in [2.45, 2.75) is 256 Å². The largest absolute Gasteiger partial charge is 0.477 e. The van der Waals surface area contributed by atoms with Crippen LogP contribution in [-0.2, 0) is 67.5 Å². The Morgan fingerprint density at radius 2 is 0.809 bits per heavy atom. The molecule has 0 radical (unpaired) electrons. The summed E-state index contributed by atoms with van der Waals surface area (Å²) in [5.41, 5.74) is 5.52. The number of nitrogens with one attached hydrogen (secondary N) is 7.